The van der Waals surface area contributed by atoms with E-state index < -0.39 is 0 Å². The lowest BCUT2D eigenvalue weighted by Gasteiger charge is -2.01. The van der Waals surface area contributed by atoms with Gasteiger partial charge in [-0.3, -0.25) is 14.7 Å². The number of hydrogen-bond acceptors (Lipinski definition) is 3. The second-order valence-electron chi connectivity index (χ2n) is 2.82. The normalized spacial score (nSPS) is 10.1. The van der Waals surface area contributed by atoms with Gasteiger partial charge in [-0.25, -0.2) is 5.48 Å². The maximum Gasteiger partial charge on any atom is 0.248 e. The molecule has 0 saturated carbocycles. The van der Waals surface area contributed by atoms with Crippen molar-refractivity contribution in [3.8, 4) is 0 Å². The van der Waals surface area contributed by atoms with Crippen molar-refractivity contribution in [2.45, 2.75) is 20.3 Å². The number of carbonyl (C=O) groups is 1. The van der Waals surface area contributed by atoms with Crippen LogP contribution in [0.1, 0.15) is 17.0 Å². The third kappa shape index (κ3) is 2.29. The number of aryl methyl sites for hydroxylation is 2. The molecular weight excluding hydrogens is 170 g/mol. The molecule has 0 aliphatic heterocycles. The van der Waals surface area contributed by atoms with Gasteiger partial charge in [0.2, 0.25) is 5.91 Å². The van der Waals surface area contributed by atoms with Gasteiger partial charge in [-0.1, -0.05) is 0 Å². The van der Waals surface area contributed by atoms with Crippen LogP contribution in [0, 0.1) is 13.8 Å². The molecule has 0 aliphatic rings. The van der Waals surface area contributed by atoms with Crippen molar-refractivity contribution < 1.29 is 9.63 Å². The maximum absolute atomic E-state index is 11.1. The minimum Gasteiger partial charge on any atom is -0.282 e. The van der Waals surface area contributed by atoms with Gasteiger partial charge in [0.15, 0.2) is 0 Å². The van der Waals surface area contributed by atoms with E-state index in [1.165, 1.54) is 7.11 Å². The molecule has 0 radical (unpaired) electrons. The fourth-order valence-electron chi connectivity index (χ4n) is 1.14. The summed E-state index contributed by atoms with van der Waals surface area (Å²) in [4.78, 5) is 15.6. The third-order valence-electron chi connectivity index (χ3n) is 1.83. The molecule has 1 aromatic rings. The van der Waals surface area contributed by atoms with Crippen LogP contribution in [0.2, 0.25) is 0 Å². The number of amides is 1. The molecule has 1 amide bonds. The monoisotopic (exact) mass is 183 g/mol. The number of aromatic nitrogens is 2. The lowest BCUT2D eigenvalue weighted by Crippen LogP contribution is -2.24. The van der Waals surface area contributed by atoms with E-state index in [9.17, 15) is 4.79 Å². The van der Waals surface area contributed by atoms with Gasteiger partial charge < -0.3 is 0 Å². The highest BCUT2D eigenvalue weighted by Crippen LogP contribution is 2.09. The lowest BCUT2D eigenvalue weighted by atomic mass is 10.1. The van der Waals surface area contributed by atoms with Crippen LogP contribution in [0.4, 0.5) is 0 Å². The van der Waals surface area contributed by atoms with E-state index in [-0.39, 0.29) is 5.91 Å². The molecular formula is C8H13N3O2. The van der Waals surface area contributed by atoms with E-state index in [0.717, 1.165) is 17.0 Å². The minimum absolute atomic E-state index is 0.171. The van der Waals surface area contributed by atoms with Crippen LogP contribution in [0.25, 0.3) is 0 Å². The Labute approximate surface area is 76.4 Å². The SMILES string of the molecule is CONC(=O)Cc1c(C)n[nH]c1C. The van der Waals surface area contributed by atoms with Gasteiger partial charge in [0.1, 0.15) is 0 Å². The van der Waals surface area contributed by atoms with Crippen LogP contribution in [-0.4, -0.2) is 23.2 Å². The predicted molar refractivity (Wildman–Crippen MR) is 46.9 cm³/mol. The summed E-state index contributed by atoms with van der Waals surface area (Å²) in [5.41, 5.74) is 4.95. The number of H-pyrrole nitrogens is 1. The van der Waals surface area contributed by atoms with Gasteiger partial charge in [0.25, 0.3) is 0 Å². The average molecular weight is 183 g/mol. The van der Waals surface area contributed by atoms with Crippen molar-refractivity contribution in [2.75, 3.05) is 7.11 Å². The first-order chi connectivity index (χ1) is 6.15. The quantitative estimate of drug-likeness (QED) is 0.660. The maximum atomic E-state index is 11.1. The van der Waals surface area contributed by atoms with Crippen LogP contribution < -0.4 is 5.48 Å². The highest BCUT2D eigenvalue weighted by molar-refractivity contribution is 5.78. The number of nitrogens with zero attached hydrogens (tertiary/aromatic N) is 1. The van der Waals surface area contributed by atoms with Crippen molar-refractivity contribution in [3.05, 3.63) is 17.0 Å². The second-order valence-corrected chi connectivity index (χ2v) is 2.82. The number of carbonyl (C=O) groups excluding carboxylic acids is 1. The molecule has 5 nitrogen and oxygen atoms in total. The molecule has 0 bridgehead atoms. The highest BCUT2D eigenvalue weighted by Gasteiger charge is 2.10. The molecule has 72 valence electrons. The summed E-state index contributed by atoms with van der Waals surface area (Å²) < 4.78 is 0. The molecule has 0 spiro atoms. The van der Waals surface area contributed by atoms with Crippen LogP contribution in [0.3, 0.4) is 0 Å². The molecule has 2 N–H and O–H groups in total. The Kier molecular flexibility index (Phi) is 3.02. The summed E-state index contributed by atoms with van der Waals surface area (Å²) >= 11 is 0. The third-order valence-corrected chi connectivity index (χ3v) is 1.83. The lowest BCUT2D eigenvalue weighted by molar-refractivity contribution is -0.130. The zero-order valence-electron chi connectivity index (χ0n) is 7.97. The predicted octanol–water partition coefficient (Wildman–Crippen LogP) is 0.247. The van der Waals surface area contributed by atoms with E-state index in [0.29, 0.717) is 6.42 Å². The molecule has 0 unspecified atom stereocenters. The van der Waals surface area contributed by atoms with Crippen molar-refractivity contribution in [1.82, 2.24) is 15.7 Å². The molecule has 0 aromatic carbocycles. The molecule has 1 heterocycles. The van der Waals surface area contributed by atoms with Crippen molar-refractivity contribution in [1.29, 1.82) is 0 Å². The van der Waals surface area contributed by atoms with E-state index >= 15 is 0 Å². The molecule has 13 heavy (non-hydrogen) atoms. The van der Waals surface area contributed by atoms with Crippen molar-refractivity contribution >= 4 is 5.91 Å². The van der Waals surface area contributed by atoms with Gasteiger partial charge in [-0.15, -0.1) is 0 Å². The Bertz CT molecular complexity index is 287. The largest absolute Gasteiger partial charge is 0.282 e. The molecule has 0 saturated heterocycles. The zero-order chi connectivity index (χ0) is 9.84. The van der Waals surface area contributed by atoms with Gasteiger partial charge in [0, 0.05) is 11.3 Å². The molecule has 1 aromatic heterocycles. The summed E-state index contributed by atoms with van der Waals surface area (Å²) in [6.07, 6.45) is 0.294. The fourth-order valence-corrected chi connectivity index (χ4v) is 1.14. The second kappa shape index (κ2) is 4.04. The first-order valence-electron chi connectivity index (χ1n) is 3.97. The van der Waals surface area contributed by atoms with E-state index in [1.807, 2.05) is 13.8 Å². The number of aromatic amines is 1. The number of rotatable bonds is 3. The zero-order valence-corrected chi connectivity index (χ0v) is 7.97. The van der Waals surface area contributed by atoms with Crippen LogP contribution in [0.15, 0.2) is 0 Å². The standard InChI is InChI=1S/C8H13N3O2/c1-5-7(6(2)10-9-5)4-8(12)11-13-3/h4H2,1-3H3,(H,9,10)(H,11,12). The summed E-state index contributed by atoms with van der Waals surface area (Å²) in [5.74, 6) is -0.171. The Balaban J connectivity index is 2.68. The van der Waals surface area contributed by atoms with Gasteiger partial charge in [-0.2, -0.15) is 5.10 Å². The first-order valence-corrected chi connectivity index (χ1v) is 3.97. The average Bonchev–Trinajstić information content (AvgIpc) is 2.36. The molecule has 0 aliphatic carbocycles. The number of nitrogens with one attached hydrogen (secondary N) is 2. The molecule has 5 heteroatoms. The fraction of sp³-hybridized carbons (Fsp3) is 0.500. The molecule has 0 atom stereocenters. The highest BCUT2D eigenvalue weighted by atomic mass is 16.6. The summed E-state index contributed by atoms with van der Waals surface area (Å²) in [7, 11) is 1.41. The van der Waals surface area contributed by atoms with Gasteiger partial charge in [-0.05, 0) is 13.8 Å². The Morgan fingerprint density at radius 1 is 1.62 bits per heavy atom. The van der Waals surface area contributed by atoms with Crippen LogP contribution in [0.5, 0.6) is 0 Å². The van der Waals surface area contributed by atoms with E-state index in [2.05, 4.69) is 20.5 Å². The van der Waals surface area contributed by atoms with Crippen LogP contribution >= 0.6 is 0 Å². The topological polar surface area (TPSA) is 67.0 Å². The van der Waals surface area contributed by atoms with Gasteiger partial charge >= 0.3 is 0 Å². The summed E-state index contributed by atoms with van der Waals surface area (Å²) in [6, 6.07) is 0. The molecule has 0 fully saturated rings. The number of hydroxylamine groups is 1. The smallest absolute Gasteiger partial charge is 0.248 e. The Morgan fingerprint density at radius 2 is 2.31 bits per heavy atom. The Hall–Kier alpha value is -1.36. The van der Waals surface area contributed by atoms with Gasteiger partial charge in [0.05, 0.1) is 19.2 Å². The van der Waals surface area contributed by atoms with Crippen molar-refractivity contribution in [3.63, 3.8) is 0 Å². The summed E-state index contributed by atoms with van der Waals surface area (Å²) in [5, 5.41) is 6.80. The first kappa shape index (κ1) is 9.73. The van der Waals surface area contributed by atoms with E-state index in [1.54, 1.807) is 0 Å². The number of hydrogen-bond donors (Lipinski definition) is 2. The minimum atomic E-state index is -0.171. The molecule has 1 rings (SSSR count). The Morgan fingerprint density at radius 3 is 2.77 bits per heavy atom. The summed E-state index contributed by atoms with van der Waals surface area (Å²) in [6.45, 7) is 3.74. The van der Waals surface area contributed by atoms with E-state index in [4.69, 9.17) is 0 Å². The van der Waals surface area contributed by atoms with Crippen LogP contribution in [-0.2, 0) is 16.1 Å². The van der Waals surface area contributed by atoms with Crippen molar-refractivity contribution in [2.24, 2.45) is 0 Å².